The van der Waals surface area contributed by atoms with Gasteiger partial charge in [-0.3, -0.25) is 4.79 Å². The number of carbonyl (C=O) groups excluding carboxylic acids is 1. The molecule has 1 aromatic carbocycles. The molecule has 0 radical (unpaired) electrons. The lowest BCUT2D eigenvalue weighted by Crippen LogP contribution is -2.19. The molecule has 0 saturated carbocycles. The molecule has 15 heavy (non-hydrogen) atoms. The molecule has 80 valence electrons. The molecule has 1 rings (SSSR count). The van der Waals surface area contributed by atoms with Crippen LogP contribution in [0.25, 0.3) is 0 Å². The lowest BCUT2D eigenvalue weighted by Gasteiger charge is -2.16. The summed E-state index contributed by atoms with van der Waals surface area (Å²) in [5, 5.41) is 8.79. The summed E-state index contributed by atoms with van der Waals surface area (Å²) in [6, 6.07) is 4.79. The van der Waals surface area contributed by atoms with Crippen molar-refractivity contribution in [3.05, 3.63) is 28.8 Å². The molecule has 0 aliphatic heterocycles. The van der Waals surface area contributed by atoms with E-state index in [1.54, 1.807) is 31.1 Å². The largest absolute Gasteiger partial charge is 0.475 e. The molecule has 0 unspecified atom stereocenters. The van der Waals surface area contributed by atoms with Crippen molar-refractivity contribution in [1.29, 1.82) is 0 Å². The third kappa shape index (κ3) is 2.27. The van der Waals surface area contributed by atoms with Gasteiger partial charge in [0.15, 0.2) is 0 Å². The molecule has 0 heterocycles. The maximum atomic E-state index is 11.4. The van der Waals surface area contributed by atoms with E-state index in [1.807, 2.05) is 0 Å². The normalized spacial score (nSPS) is 9.80. The van der Waals surface area contributed by atoms with Gasteiger partial charge in [-0.1, -0.05) is 17.7 Å². The molecule has 0 atom stereocenters. The van der Waals surface area contributed by atoms with Crippen LogP contribution in [-0.4, -0.2) is 31.0 Å². The average molecular weight is 228 g/mol. The van der Waals surface area contributed by atoms with Gasteiger partial charge in [0, 0.05) is 19.8 Å². The number of hydrogen-bond acceptors (Lipinski definition) is 3. The molecule has 0 aliphatic rings. The Balaban J connectivity index is 3.37. The predicted octanol–water partition coefficient (Wildman–Crippen LogP) is 1.67. The summed E-state index contributed by atoms with van der Waals surface area (Å²) in [7, 11) is 3.43. The molecule has 0 aliphatic carbocycles. The highest BCUT2D eigenvalue weighted by Crippen LogP contribution is 2.26. The van der Waals surface area contributed by atoms with E-state index >= 15 is 0 Å². The first kappa shape index (κ1) is 11.5. The Labute approximate surface area is 92.1 Å². The van der Waals surface area contributed by atoms with Gasteiger partial charge in [0.05, 0.1) is 10.6 Å². The fourth-order valence-corrected chi connectivity index (χ4v) is 1.47. The number of nitrogens with zero attached hydrogens (tertiary/aromatic N) is 1. The molecule has 0 bridgehead atoms. The van der Waals surface area contributed by atoms with Crippen molar-refractivity contribution < 1.29 is 14.7 Å². The quantitative estimate of drug-likeness (QED) is 0.631. The number of halogens is 1. The third-order valence-electron chi connectivity index (χ3n) is 1.89. The molecule has 0 spiro atoms. The van der Waals surface area contributed by atoms with Crippen molar-refractivity contribution >= 4 is 29.0 Å². The summed E-state index contributed by atoms with van der Waals surface area (Å²) < 4.78 is 0. The minimum absolute atomic E-state index is 0.0247. The molecule has 0 saturated heterocycles. The van der Waals surface area contributed by atoms with E-state index in [-0.39, 0.29) is 10.6 Å². The van der Waals surface area contributed by atoms with E-state index < -0.39 is 11.8 Å². The van der Waals surface area contributed by atoms with Crippen LogP contribution in [0.4, 0.5) is 5.69 Å². The molecule has 1 aromatic rings. The van der Waals surface area contributed by atoms with Crippen molar-refractivity contribution in [3.63, 3.8) is 0 Å². The number of anilines is 1. The highest BCUT2D eigenvalue weighted by atomic mass is 35.5. The Kier molecular flexibility index (Phi) is 3.31. The van der Waals surface area contributed by atoms with E-state index in [9.17, 15) is 9.59 Å². The van der Waals surface area contributed by atoms with Gasteiger partial charge in [0.25, 0.3) is 5.78 Å². The van der Waals surface area contributed by atoms with Crippen LogP contribution in [0.5, 0.6) is 0 Å². The monoisotopic (exact) mass is 227 g/mol. The first-order valence-electron chi connectivity index (χ1n) is 4.18. The van der Waals surface area contributed by atoms with Crippen LogP contribution in [0, 0.1) is 0 Å². The predicted molar refractivity (Wildman–Crippen MR) is 57.7 cm³/mol. The van der Waals surface area contributed by atoms with Crippen LogP contribution in [-0.2, 0) is 4.79 Å². The maximum Gasteiger partial charge on any atom is 0.377 e. The minimum atomic E-state index is -1.51. The first-order valence-corrected chi connectivity index (χ1v) is 4.56. The Morgan fingerprint density at radius 1 is 1.33 bits per heavy atom. The molecule has 1 N–H and O–H groups in total. The topological polar surface area (TPSA) is 57.6 Å². The van der Waals surface area contributed by atoms with E-state index in [0.29, 0.717) is 5.69 Å². The Bertz CT molecular complexity index is 415. The van der Waals surface area contributed by atoms with Crippen molar-refractivity contribution in [1.82, 2.24) is 0 Å². The van der Waals surface area contributed by atoms with Gasteiger partial charge in [-0.05, 0) is 12.1 Å². The summed E-state index contributed by atoms with van der Waals surface area (Å²) in [6.45, 7) is 0. The van der Waals surface area contributed by atoms with Gasteiger partial charge < -0.3 is 10.0 Å². The fraction of sp³-hybridized carbons (Fsp3) is 0.200. The van der Waals surface area contributed by atoms with E-state index in [2.05, 4.69) is 0 Å². The molecular formula is C10H10ClNO3. The second-order valence-corrected chi connectivity index (χ2v) is 3.57. The number of aliphatic carboxylic acids is 1. The number of rotatable bonds is 3. The summed E-state index contributed by atoms with van der Waals surface area (Å²) in [4.78, 5) is 23.6. The van der Waals surface area contributed by atoms with Crippen molar-refractivity contribution in [2.45, 2.75) is 0 Å². The van der Waals surface area contributed by atoms with E-state index in [1.165, 1.54) is 6.07 Å². The van der Waals surface area contributed by atoms with Crippen LogP contribution in [0.1, 0.15) is 10.4 Å². The fourth-order valence-electron chi connectivity index (χ4n) is 1.22. The Hall–Kier alpha value is -1.55. The van der Waals surface area contributed by atoms with Gasteiger partial charge in [0.2, 0.25) is 0 Å². The second-order valence-electron chi connectivity index (χ2n) is 3.16. The lowest BCUT2D eigenvalue weighted by atomic mass is 10.1. The van der Waals surface area contributed by atoms with E-state index in [4.69, 9.17) is 16.7 Å². The molecule has 0 aromatic heterocycles. The number of benzene rings is 1. The average Bonchev–Trinajstić information content (AvgIpc) is 2.16. The summed E-state index contributed by atoms with van der Waals surface area (Å²) in [5.74, 6) is -2.50. The highest BCUT2D eigenvalue weighted by molar-refractivity contribution is 6.46. The lowest BCUT2D eigenvalue weighted by molar-refractivity contribution is -0.131. The Morgan fingerprint density at radius 2 is 1.93 bits per heavy atom. The zero-order valence-electron chi connectivity index (χ0n) is 8.32. The highest BCUT2D eigenvalue weighted by Gasteiger charge is 2.22. The number of carboxylic acids is 1. The number of carbonyl (C=O) groups is 2. The SMILES string of the molecule is CN(C)c1cccc(Cl)c1C(=O)C(=O)O. The zero-order valence-corrected chi connectivity index (χ0v) is 9.08. The van der Waals surface area contributed by atoms with E-state index in [0.717, 1.165) is 0 Å². The molecule has 0 fully saturated rings. The molecule has 4 nitrogen and oxygen atoms in total. The van der Waals surface area contributed by atoms with Gasteiger partial charge in [-0.25, -0.2) is 4.79 Å². The third-order valence-corrected chi connectivity index (χ3v) is 2.21. The number of ketones is 1. The summed E-state index contributed by atoms with van der Waals surface area (Å²) in [5.41, 5.74) is 0.520. The first-order chi connectivity index (χ1) is 6.95. The Morgan fingerprint density at radius 3 is 2.40 bits per heavy atom. The zero-order chi connectivity index (χ0) is 11.6. The molecular weight excluding hydrogens is 218 g/mol. The second kappa shape index (κ2) is 4.31. The van der Waals surface area contributed by atoms with Crippen LogP contribution >= 0.6 is 11.6 Å². The van der Waals surface area contributed by atoms with Crippen molar-refractivity contribution in [2.75, 3.05) is 19.0 Å². The van der Waals surface area contributed by atoms with Crippen LogP contribution in [0.2, 0.25) is 5.02 Å². The maximum absolute atomic E-state index is 11.4. The standard InChI is InChI=1S/C10H10ClNO3/c1-12(2)7-5-3-4-6(11)8(7)9(13)10(14)15/h3-5H,1-2H3,(H,14,15). The van der Waals surface area contributed by atoms with Crippen molar-refractivity contribution in [2.24, 2.45) is 0 Å². The van der Waals surface area contributed by atoms with Gasteiger partial charge in [-0.15, -0.1) is 0 Å². The summed E-state index contributed by atoms with van der Waals surface area (Å²) in [6.07, 6.45) is 0. The summed E-state index contributed by atoms with van der Waals surface area (Å²) >= 11 is 5.80. The van der Waals surface area contributed by atoms with Crippen LogP contribution < -0.4 is 4.90 Å². The molecule has 5 heteroatoms. The van der Waals surface area contributed by atoms with Gasteiger partial charge in [-0.2, -0.15) is 0 Å². The van der Waals surface area contributed by atoms with Crippen LogP contribution in [0.15, 0.2) is 18.2 Å². The number of Topliss-reactive ketones (excluding diaryl/α,β-unsaturated/α-hetero) is 1. The van der Waals surface area contributed by atoms with Gasteiger partial charge >= 0.3 is 5.97 Å². The smallest absolute Gasteiger partial charge is 0.377 e. The van der Waals surface area contributed by atoms with Crippen molar-refractivity contribution in [3.8, 4) is 0 Å². The number of carboxylic acid groups (broad SMARTS) is 1. The molecule has 0 amide bonds. The van der Waals surface area contributed by atoms with Crippen LogP contribution in [0.3, 0.4) is 0 Å². The van der Waals surface area contributed by atoms with Gasteiger partial charge in [0.1, 0.15) is 0 Å². The number of hydrogen-bond donors (Lipinski definition) is 1. The minimum Gasteiger partial charge on any atom is -0.475 e.